The number of anilines is 1. The van der Waals surface area contributed by atoms with Crippen LogP contribution in [-0.4, -0.2) is 43.0 Å². The summed E-state index contributed by atoms with van der Waals surface area (Å²) >= 11 is 1.61. The summed E-state index contributed by atoms with van der Waals surface area (Å²) in [6.45, 7) is 7.71. The highest BCUT2D eigenvalue weighted by Gasteiger charge is 2.21. The van der Waals surface area contributed by atoms with Gasteiger partial charge in [-0.3, -0.25) is 9.69 Å². The third kappa shape index (κ3) is 5.56. The number of para-hydroxylation sites is 1. The fourth-order valence-electron chi connectivity index (χ4n) is 3.27. The normalized spacial score (nSPS) is 11.0. The lowest BCUT2D eigenvalue weighted by molar-refractivity contribution is -0.118. The average Bonchev–Trinajstić information content (AvgIpc) is 3.08. The first-order chi connectivity index (χ1) is 13.4. The first kappa shape index (κ1) is 23.3. The van der Waals surface area contributed by atoms with E-state index in [1.54, 1.807) is 11.3 Å². The second-order valence-corrected chi connectivity index (χ2v) is 8.58. The van der Waals surface area contributed by atoms with E-state index >= 15 is 0 Å². The minimum Gasteiger partial charge on any atom is -0.308 e. The lowest BCUT2D eigenvalue weighted by Gasteiger charge is -2.22. The van der Waals surface area contributed by atoms with E-state index in [4.69, 9.17) is 4.98 Å². The molecule has 0 spiro atoms. The Kier molecular flexibility index (Phi) is 8.20. The molecule has 1 aromatic heterocycles. The van der Waals surface area contributed by atoms with Crippen LogP contribution in [0.25, 0.3) is 10.2 Å². The molecule has 0 atom stereocenters. The van der Waals surface area contributed by atoms with Crippen molar-refractivity contribution < 1.29 is 4.79 Å². The Morgan fingerprint density at radius 1 is 1.07 bits per heavy atom. The van der Waals surface area contributed by atoms with Crippen LogP contribution in [-0.2, 0) is 17.6 Å². The Balaban J connectivity index is 0.00000300. The van der Waals surface area contributed by atoms with Crippen LogP contribution in [0.15, 0.2) is 36.4 Å². The number of amides is 1. The number of nitrogens with zero attached hydrogens (tertiary/aromatic N) is 3. The predicted molar refractivity (Wildman–Crippen MR) is 127 cm³/mol. The molecule has 29 heavy (non-hydrogen) atoms. The van der Waals surface area contributed by atoms with E-state index in [9.17, 15) is 4.79 Å². The van der Waals surface area contributed by atoms with E-state index in [1.807, 2.05) is 19.0 Å². The van der Waals surface area contributed by atoms with Crippen molar-refractivity contribution >= 4 is 45.0 Å². The third-order valence-electron chi connectivity index (χ3n) is 5.02. The van der Waals surface area contributed by atoms with E-state index in [0.29, 0.717) is 13.0 Å². The van der Waals surface area contributed by atoms with Crippen LogP contribution >= 0.6 is 23.7 Å². The number of hydrogen-bond acceptors (Lipinski definition) is 4. The summed E-state index contributed by atoms with van der Waals surface area (Å²) in [6, 6.07) is 12.6. The summed E-state index contributed by atoms with van der Waals surface area (Å²) < 4.78 is 1.14. The molecule has 0 unspecified atom stereocenters. The summed E-state index contributed by atoms with van der Waals surface area (Å²) in [7, 11) is 4.06. The van der Waals surface area contributed by atoms with Gasteiger partial charge in [-0.15, -0.1) is 12.4 Å². The maximum atomic E-state index is 13.3. The summed E-state index contributed by atoms with van der Waals surface area (Å²) in [5, 5.41) is 0.799. The Morgan fingerprint density at radius 3 is 2.52 bits per heavy atom. The standard InChI is InChI=1S/C23H29N3OS.ClH/c1-6-18-8-7-9-20-22(18)24-23(28-20)26(13-12-25(4)5)21(27)15-19-14-16(2)10-11-17(19)3;/h7-11,14H,6,12-13,15H2,1-5H3;1H. The highest BCUT2D eigenvalue weighted by molar-refractivity contribution is 7.22. The lowest BCUT2D eigenvalue weighted by Crippen LogP contribution is -2.37. The van der Waals surface area contributed by atoms with Crippen LogP contribution in [0.5, 0.6) is 0 Å². The Hall–Kier alpha value is -1.95. The molecule has 0 radical (unpaired) electrons. The van der Waals surface area contributed by atoms with E-state index in [2.05, 4.69) is 62.1 Å². The van der Waals surface area contributed by atoms with Gasteiger partial charge in [0.25, 0.3) is 0 Å². The molecule has 0 aliphatic rings. The van der Waals surface area contributed by atoms with Crippen LogP contribution in [0.4, 0.5) is 5.13 Å². The molecule has 2 aromatic carbocycles. The van der Waals surface area contributed by atoms with Gasteiger partial charge in [0.1, 0.15) is 0 Å². The SMILES string of the molecule is CCc1cccc2sc(N(CCN(C)C)C(=O)Cc3cc(C)ccc3C)nc12.Cl. The second kappa shape index (κ2) is 10.2. The molecule has 0 N–H and O–H groups in total. The highest BCUT2D eigenvalue weighted by Crippen LogP contribution is 2.31. The molecule has 1 heterocycles. The van der Waals surface area contributed by atoms with Gasteiger partial charge < -0.3 is 4.90 Å². The quantitative estimate of drug-likeness (QED) is 0.526. The fraction of sp³-hybridized carbons (Fsp3) is 0.391. The molecule has 1 amide bonds. The number of carbonyl (C=O) groups is 1. The maximum absolute atomic E-state index is 13.3. The zero-order valence-electron chi connectivity index (χ0n) is 17.9. The number of halogens is 1. The molecule has 0 saturated carbocycles. The van der Waals surface area contributed by atoms with Gasteiger partial charge in [0.15, 0.2) is 5.13 Å². The highest BCUT2D eigenvalue weighted by atomic mass is 35.5. The molecule has 0 saturated heterocycles. The molecule has 6 heteroatoms. The number of fused-ring (bicyclic) bond motifs is 1. The number of rotatable bonds is 7. The molecular formula is C23H30ClN3OS. The van der Waals surface area contributed by atoms with Gasteiger partial charge in [-0.1, -0.05) is 54.2 Å². The minimum atomic E-state index is 0. The number of likely N-dealkylation sites (N-methyl/N-ethyl adjacent to an activating group) is 1. The average molecular weight is 432 g/mol. The van der Waals surface area contributed by atoms with Crippen LogP contribution in [0.3, 0.4) is 0 Å². The van der Waals surface area contributed by atoms with Gasteiger partial charge in [0, 0.05) is 13.1 Å². The van der Waals surface area contributed by atoms with Crippen molar-refractivity contribution in [3.05, 3.63) is 58.7 Å². The van der Waals surface area contributed by atoms with Gasteiger partial charge in [0.05, 0.1) is 16.6 Å². The first-order valence-electron chi connectivity index (χ1n) is 9.78. The van der Waals surface area contributed by atoms with Crippen LogP contribution in [0, 0.1) is 13.8 Å². The van der Waals surface area contributed by atoms with Crippen LogP contribution in [0.1, 0.15) is 29.2 Å². The van der Waals surface area contributed by atoms with Crippen LogP contribution in [0.2, 0.25) is 0 Å². The molecule has 0 bridgehead atoms. The molecule has 0 aliphatic heterocycles. The number of benzene rings is 2. The summed E-state index contributed by atoms with van der Waals surface area (Å²) in [5.41, 5.74) is 5.69. The van der Waals surface area contributed by atoms with Gasteiger partial charge in [-0.05, 0) is 57.1 Å². The predicted octanol–water partition coefficient (Wildman–Crippen LogP) is 5.03. The minimum absolute atomic E-state index is 0. The molecule has 4 nitrogen and oxygen atoms in total. The Labute approximate surface area is 184 Å². The van der Waals surface area contributed by atoms with E-state index in [1.165, 1.54) is 11.1 Å². The fourth-order valence-corrected chi connectivity index (χ4v) is 4.33. The molecule has 156 valence electrons. The van der Waals surface area contributed by atoms with Gasteiger partial charge >= 0.3 is 0 Å². The Bertz CT molecular complexity index is 983. The monoisotopic (exact) mass is 431 g/mol. The number of thiazole rings is 1. The molecule has 0 aliphatic carbocycles. The topological polar surface area (TPSA) is 36.4 Å². The van der Waals surface area contributed by atoms with Crippen molar-refractivity contribution in [3.8, 4) is 0 Å². The van der Waals surface area contributed by atoms with Crippen molar-refractivity contribution in [2.75, 3.05) is 32.1 Å². The maximum Gasteiger partial charge on any atom is 0.233 e. The van der Waals surface area contributed by atoms with Gasteiger partial charge in [0.2, 0.25) is 5.91 Å². The van der Waals surface area contributed by atoms with Crippen LogP contribution < -0.4 is 4.90 Å². The van der Waals surface area contributed by atoms with E-state index in [0.717, 1.165) is 39.4 Å². The Morgan fingerprint density at radius 2 is 1.83 bits per heavy atom. The number of hydrogen-bond donors (Lipinski definition) is 0. The summed E-state index contributed by atoms with van der Waals surface area (Å²) in [5.74, 6) is 0.104. The largest absolute Gasteiger partial charge is 0.308 e. The molecule has 0 fully saturated rings. The molecule has 3 aromatic rings. The molecule has 3 rings (SSSR count). The second-order valence-electron chi connectivity index (χ2n) is 7.57. The number of aryl methyl sites for hydroxylation is 3. The van der Waals surface area contributed by atoms with Gasteiger partial charge in [-0.25, -0.2) is 4.98 Å². The van der Waals surface area contributed by atoms with Gasteiger partial charge in [-0.2, -0.15) is 0 Å². The van der Waals surface area contributed by atoms with Crippen molar-refractivity contribution in [2.45, 2.75) is 33.6 Å². The third-order valence-corrected chi connectivity index (χ3v) is 6.06. The van der Waals surface area contributed by atoms with Crippen molar-refractivity contribution in [2.24, 2.45) is 0 Å². The number of aromatic nitrogens is 1. The lowest BCUT2D eigenvalue weighted by atomic mass is 10.0. The van der Waals surface area contributed by atoms with E-state index in [-0.39, 0.29) is 18.3 Å². The van der Waals surface area contributed by atoms with Crippen molar-refractivity contribution in [3.63, 3.8) is 0 Å². The molecular weight excluding hydrogens is 402 g/mol. The summed E-state index contributed by atoms with van der Waals surface area (Å²) in [4.78, 5) is 22.1. The van der Waals surface area contributed by atoms with Crippen molar-refractivity contribution in [1.82, 2.24) is 9.88 Å². The van der Waals surface area contributed by atoms with E-state index < -0.39 is 0 Å². The summed E-state index contributed by atoms with van der Waals surface area (Å²) in [6.07, 6.45) is 1.34. The zero-order valence-corrected chi connectivity index (χ0v) is 19.5. The smallest absolute Gasteiger partial charge is 0.233 e. The zero-order chi connectivity index (χ0) is 20.3. The number of carbonyl (C=O) groups excluding carboxylic acids is 1. The van der Waals surface area contributed by atoms with Crippen molar-refractivity contribution in [1.29, 1.82) is 0 Å². The first-order valence-corrected chi connectivity index (χ1v) is 10.6.